The monoisotopic (exact) mass is 325 g/mol. The third-order valence-corrected chi connectivity index (χ3v) is 4.47. The van der Waals surface area contributed by atoms with Gasteiger partial charge in [-0.25, -0.2) is 0 Å². The van der Waals surface area contributed by atoms with Crippen LogP contribution in [0.3, 0.4) is 0 Å². The molecule has 1 atom stereocenters. The van der Waals surface area contributed by atoms with Crippen LogP contribution in [0.5, 0.6) is 0 Å². The Morgan fingerprint density at radius 3 is 2.59 bits per heavy atom. The van der Waals surface area contributed by atoms with Crippen molar-refractivity contribution in [3.05, 3.63) is 34.9 Å². The quantitative estimate of drug-likeness (QED) is 0.818. The number of aliphatic hydroxyl groups is 1. The second kappa shape index (κ2) is 8.51. The Morgan fingerprint density at radius 2 is 2.00 bits per heavy atom. The van der Waals surface area contributed by atoms with Crippen LogP contribution in [0.2, 0.25) is 5.02 Å². The molecule has 1 aromatic rings. The number of rotatable bonds is 6. The number of carbonyl (C=O) groups is 1. The van der Waals surface area contributed by atoms with Crippen molar-refractivity contribution in [1.82, 2.24) is 4.90 Å². The molecule has 0 spiro atoms. The normalized spacial score (nSPS) is 17.5. The van der Waals surface area contributed by atoms with Gasteiger partial charge in [0.2, 0.25) is 5.91 Å². The Bertz CT molecular complexity index is 469. The van der Waals surface area contributed by atoms with Crippen molar-refractivity contribution in [2.24, 2.45) is 5.92 Å². The van der Waals surface area contributed by atoms with E-state index in [9.17, 15) is 9.90 Å². The average Bonchev–Trinajstić information content (AvgIpc) is 2.55. The molecule has 0 radical (unpaired) electrons. The van der Waals surface area contributed by atoms with E-state index in [-0.39, 0.29) is 11.8 Å². The number of hydrogen-bond donors (Lipinski definition) is 1. The topological polar surface area (TPSA) is 49.8 Å². The Morgan fingerprint density at radius 1 is 1.36 bits per heavy atom. The number of likely N-dealkylation sites (tertiary alicyclic amines) is 1. The van der Waals surface area contributed by atoms with Crippen molar-refractivity contribution < 1.29 is 14.6 Å². The first-order chi connectivity index (χ1) is 10.6. The predicted molar refractivity (Wildman–Crippen MR) is 86.8 cm³/mol. The van der Waals surface area contributed by atoms with Crippen LogP contribution in [0.1, 0.15) is 37.9 Å². The van der Waals surface area contributed by atoms with Crippen LogP contribution in [-0.2, 0) is 9.53 Å². The number of aliphatic hydroxyl groups excluding tert-OH is 1. The summed E-state index contributed by atoms with van der Waals surface area (Å²) < 4.78 is 5.22. The second-order valence-electron chi connectivity index (χ2n) is 5.66. The number of benzene rings is 1. The van der Waals surface area contributed by atoms with Crippen molar-refractivity contribution in [2.75, 3.05) is 26.3 Å². The van der Waals surface area contributed by atoms with Gasteiger partial charge in [0.25, 0.3) is 0 Å². The molecule has 1 amide bonds. The van der Waals surface area contributed by atoms with E-state index < -0.39 is 6.10 Å². The van der Waals surface area contributed by atoms with Crippen molar-refractivity contribution in [1.29, 1.82) is 0 Å². The van der Waals surface area contributed by atoms with Gasteiger partial charge >= 0.3 is 0 Å². The standard InChI is InChI=1S/C17H24ClNO3/c1-2-22-12-9-16(20)19-10-7-14(8-11-19)17(21)13-3-5-15(18)6-4-13/h3-6,14,17,21H,2,7-12H2,1H3. The molecule has 1 unspecified atom stereocenters. The van der Waals surface area contributed by atoms with E-state index in [0.717, 1.165) is 18.4 Å². The lowest BCUT2D eigenvalue weighted by molar-refractivity contribution is -0.134. The highest BCUT2D eigenvalue weighted by Crippen LogP contribution is 2.31. The molecule has 0 bridgehead atoms. The lowest BCUT2D eigenvalue weighted by Crippen LogP contribution is -2.40. The molecule has 1 fully saturated rings. The molecule has 2 rings (SSSR count). The first-order valence-corrected chi connectivity index (χ1v) is 8.28. The van der Waals surface area contributed by atoms with E-state index in [4.69, 9.17) is 16.3 Å². The average molecular weight is 326 g/mol. The molecular weight excluding hydrogens is 302 g/mol. The number of piperidine rings is 1. The van der Waals surface area contributed by atoms with E-state index in [2.05, 4.69) is 0 Å². The van der Waals surface area contributed by atoms with Gasteiger partial charge in [0.05, 0.1) is 19.1 Å². The van der Waals surface area contributed by atoms with E-state index >= 15 is 0 Å². The van der Waals surface area contributed by atoms with Crippen molar-refractivity contribution in [3.63, 3.8) is 0 Å². The summed E-state index contributed by atoms with van der Waals surface area (Å²) in [5.74, 6) is 0.338. The van der Waals surface area contributed by atoms with Crippen LogP contribution in [0.25, 0.3) is 0 Å². The third kappa shape index (κ3) is 4.70. The molecule has 22 heavy (non-hydrogen) atoms. The van der Waals surface area contributed by atoms with E-state index in [1.807, 2.05) is 24.0 Å². The van der Waals surface area contributed by atoms with Crippen molar-refractivity contribution >= 4 is 17.5 Å². The highest BCUT2D eigenvalue weighted by Gasteiger charge is 2.28. The molecule has 0 saturated carbocycles. The molecule has 0 aliphatic carbocycles. The molecule has 1 aromatic carbocycles. The highest BCUT2D eigenvalue weighted by atomic mass is 35.5. The molecular formula is C17H24ClNO3. The second-order valence-corrected chi connectivity index (χ2v) is 6.10. The number of nitrogens with zero attached hydrogens (tertiary/aromatic N) is 1. The molecule has 1 aliphatic rings. The minimum absolute atomic E-state index is 0.146. The molecule has 1 aliphatic heterocycles. The van der Waals surface area contributed by atoms with Crippen LogP contribution in [0, 0.1) is 5.92 Å². The van der Waals surface area contributed by atoms with E-state index in [0.29, 0.717) is 37.7 Å². The highest BCUT2D eigenvalue weighted by molar-refractivity contribution is 6.30. The number of carbonyl (C=O) groups excluding carboxylic acids is 1. The molecule has 122 valence electrons. The maximum Gasteiger partial charge on any atom is 0.224 e. The Hall–Kier alpha value is -1.10. The zero-order chi connectivity index (χ0) is 15.9. The maximum absolute atomic E-state index is 12.0. The molecule has 1 saturated heterocycles. The van der Waals surface area contributed by atoms with E-state index in [1.165, 1.54) is 0 Å². The molecule has 1 N–H and O–H groups in total. The van der Waals surface area contributed by atoms with Crippen LogP contribution >= 0.6 is 11.6 Å². The maximum atomic E-state index is 12.0. The Kier molecular flexibility index (Phi) is 6.68. The van der Waals surface area contributed by atoms with Gasteiger partial charge in [0, 0.05) is 24.7 Å². The number of hydrogen-bond acceptors (Lipinski definition) is 3. The number of amides is 1. The van der Waals surface area contributed by atoms with Gasteiger partial charge < -0.3 is 14.7 Å². The van der Waals surface area contributed by atoms with Gasteiger partial charge in [0.15, 0.2) is 0 Å². The van der Waals surface area contributed by atoms with Gasteiger partial charge in [0.1, 0.15) is 0 Å². The smallest absolute Gasteiger partial charge is 0.224 e. The van der Waals surface area contributed by atoms with Gasteiger partial charge in [-0.3, -0.25) is 4.79 Å². The van der Waals surface area contributed by atoms with Gasteiger partial charge in [-0.2, -0.15) is 0 Å². The first kappa shape index (κ1) is 17.3. The van der Waals surface area contributed by atoms with Gasteiger partial charge in [-0.15, -0.1) is 0 Å². The van der Waals surface area contributed by atoms with Crippen LogP contribution in [-0.4, -0.2) is 42.2 Å². The van der Waals surface area contributed by atoms with Crippen molar-refractivity contribution in [3.8, 4) is 0 Å². The van der Waals surface area contributed by atoms with Crippen LogP contribution in [0.15, 0.2) is 24.3 Å². The zero-order valence-corrected chi connectivity index (χ0v) is 13.8. The lowest BCUT2D eigenvalue weighted by Gasteiger charge is -2.34. The Labute approximate surface area is 137 Å². The third-order valence-electron chi connectivity index (χ3n) is 4.21. The fourth-order valence-electron chi connectivity index (χ4n) is 2.86. The lowest BCUT2D eigenvalue weighted by atomic mass is 9.87. The summed E-state index contributed by atoms with van der Waals surface area (Å²) in [6.45, 7) is 4.47. The minimum Gasteiger partial charge on any atom is -0.388 e. The summed E-state index contributed by atoms with van der Waals surface area (Å²) >= 11 is 5.87. The molecule has 0 aromatic heterocycles. The summed E-state index contributed by atoms with van der Waals surface area (Å²) in [5, 5.41) is 11.1. The summed E-state index contributed by atoms with van der Waals surface area (Å²) in [5.41, 5.74) is 0.894. The summed E-state index contributed by atoms with van der Waals surface area (Å²) in [4.78, 5) is 13.9. The van der Waals surface area contributed by atoms with Crippen LogP contribution in [0.4, 0.5) is 0 Å². The summed E-state index contributed by atoms with van der Waals surface area (Å²) in [7, 11) is 0. The largest absolute Gasteiger partial charge is 0.388 e. The fraction of sp³-hybridized carbons (Fsp3) is 0.588. The number of ether oxygens (including phenoxy) is 1. The summed E-state index contributed by atoms with van der Waals surface area (Å²) in [6.07, 6.45) is 1.60. The molecule has 1 heterocycles. The van der Waals surface area contributed by atoms with Crippen LogP contribution < -0.4 is 0 Å². The zero-order valence-electron chi connectivity index (χ0n) is 13.0. The Balaban J connectivity index is 1.81. The minimum atomic E-state index is -0.488. The molecule has 4 nitrogen and oxygen atoms in total. The fourth-order valence-corrected chi connectivity index (χ4v) is 2.98. The van der Waals surface area contributed by atoms with E-state index in [1.54, 1.807) is 12.1 Å². The SMILES string of the molecule is CCOCCC(=O)N1CCC(C(O)c2ccc(Cl)cc2)CC1. The molecule has 5 heteroatoms. The van der Waals surface area contributed by atoms with Crippen molar-refractivity contribution in [2.45, 2.75) is 32.3 Å². The number of halogens is 1. The first-order valence-electron chi connectivity index (χ1n) is 7.91. The van der Waals surface area contributed by atoms with Gasteiger partial charge in [-0.1, -0.05) is 23.7 Å². The van der Waals surface area contributed by atoms with Gasteiger partial charge in [-0.05, 0) is 43.4 Å². The summed E-state index contributed by atoms with van der Waals surface area (Å²) in [6, 6.07) is 7.33. The predicted octanol–water partition coefficient (Wildman–Crippen LogP) is 3.04.